The van der Waals surface area contributed by atoms with Gasteiger partial charge in [-0.05, 0) is 62.1 Å². The molecule has 0 atom stereocenters. The second-order valence-corrected chi connectivity index (χ2v) is 4.99. The van der Waals surface area contributed by atoms with Crippen molar-refractivity contribution in [3.8, 4) is 0 Å². The Kier molecular flexibility index (Phi) is 6.55. The molecule has 0 aliphatic carbocycles. The van der Waals surface area contributed by atoms with Crippen LogP contribution >= 0.6 is 23.7 Å². The molecular weight excluding hydrogens is 256 g/mol. The van der Waals surface area contributed by atoms with Crippen LogP contribution in [0.3, 0.4) is 0 Å². The molecule has 3 nitrogen and oxygen atoms in total. The van der Waals surface area contributed by atoms with Gasteiger partial charge in [0.05, 0.1) is 5.71 Å². The smallest absolute Gasteiger partial charge is 0.0876 e. The topological polar surface area (TPSA) is 35.8 Å². The van der Waals surface area contributed by atoms with E-state index in [-0.39, 0.29) is 12.4 Å². The number of likely N-dealkylation sites (tertiary alicyclic amines) is 1. The highest BCUT2D eigenvalue weighted by molar-refractivity contribution is 7.08. The van der Waals surface area contributed by atoms with Crippen LogP contribution < -0.4 is 0 Å². The number of nitrogens with zero attached hydrogens (tertiary/aromatic N) is 2. The van der Waals surface area contributed by atoms with E-state index in [2.05, 4.69) is 10.1 Å². The molecule has 0 bridgehead atoms. The summed E-state index contributed by atoms with van der Waals surface area (Å²) in [6.45, 7) is 3.61. The van der Waals surface area contributed by atoms with E-state index in [4.69, 9.17) is 5.21 Å². The summed E-state index contributed by atoms with van der Waals surface area (Å²) in [6.07, 6.45) is 4.62. The van der Waals surface area contributed by atoms with E-state index in [1.807, 2.05) is 16.8 Å². The normalized spacial score (nSPS) is 17.1. The molecule has 2 heterocycles. The van der Waals surface area contributed by atoms with Gasteiger partial charge in [-0.1, -0.05) is 5.16 Å². The van der Waals surface area contributed by atoms with E-state index in [1.165, 1.54) is 25.9 Å². The summed E-state index contributed by atoms with van der Waals surface area (Å²) < 4.78 is 0. The van der Waals surface area contributed by atoms with Crippen LogP contribution in [0.4, 0.5) is 0 Å². The molecular formula is C12H19ClN2OS. The van der Waals surface area contributed by atoms with Crippen molar-refractivity contribution in [3.63, 3.8) is 0 Å². The summed E-state index contributed by atoms with van der Waals surface area (Å²) >= 11 is 1.64. The Labute approximate surface area is 113 Å². The third kappa shape index (κ3) is 4.30. The molecule has 0 aromatic carbocycles. The van der Waals surface area contributed by atoms with Crippen molar-refractivity contribution in [1.82, 2.24) is 4.90 Å². The van der Waals surface area contributed by atoms with Crippen molar-refractivity contribution in [3.05, 3.63) is 22.4 Å². The van der Waals surface area contributed by atoms with Crippen LogP contribution in [0.2, 0.25) is 0 Å². The minimum atomic E-state index is 0. The van der Waals surface area contributed by atoms with E-state index in [0.29, 0.717) is 0 Å². The van der Waals surface area contributed by atoms with Gasteiger partial charge in [-0.2, -0.15) is 11.3 Å². The van der Waals surface area contributed by atoms with Gasteiger partial charge in [-0.25, -0.2) is 0 Å². The van der Waals surface area contributed by atoms with Gasteiger partial charge in [0.15, 0.2) is 0 Å². The third-order valence-corrected chi connectivity index (χ3v) is 3.74. The Morgan fingerprint density at radius 2 is 2.18 bits per heavy atom. The van der Waals surface area contributed by atoms with E-state index in [1.54, 1.807) is 11.3 Å². The van der Waals surface area contributed by atoms with Gasteiger partial charge in [0.2, 0.25) is 0 Å². The van der Waals surface area contributed by atoms with Crippen molar-refractivity contribution >= 4 is 29.5 Å². The lowest BCUT2D eigenvalue weighted by molar-refractivity contribution is 0.314. The van der Waals surface area contributed by atoms with E-state index in [9.17, 15) is 0 Å². The average molecular weight is 275 g/mol. The minimum Gasteiger partial charge on any atom is -0.411 e. The summed E-state index contributed by atoms with van der Waals surface area (Å²) in [5.74, 6) is 0. The lowest BCUT2D eigenvalue weighted by Crippen LogP contribution is -2.21. The SMILES string of the molecule is Cl.O/N=C(/CCCN1CCCC1)c1ccsc1. The molecule has 1 aliphatic heterocycles. The number of rotatable bonds is 5. The third-order valence-electron chi connectivity index (χ3n) is 3.06. The molecule has 1 aromatic rings. The van der Waals surface area contributed by atoms with Crippen LogP contribution in [0.1, 0.15) is 31.2 Å². The Balaban J connectivity index is 0.00000144. The van der Waals surface area contributed by atoms with Crippen LogP contribution in [0.25, 0.3) is 0 Å². The molecule has 1 aliphatic rings. The molecule has 17 heavy (non-hydrogen) atoms. The summed E-state index contributed by atoms with van der Waals surface area (Å²) in [5.41, 5.74) is 1.88. The number of oxime groups is 1. The largest absolute Gasteiger partial charge is 0.411 e. The Hall–Kier alpha value is -0.580. The first-order valence-corrected chi connectivity index (χ1v) is 6.80. The van der Waals surface area contributed by atoms with E-state index in [0.717, 1.165) is 30.7 Å². The second kappa shape index (κ2) is 7.69. The van der Waals surface area contributed by atoms with Crippen LogP contribution in [0, 0.1) is 0 Å². The first-order chi connectivity index (χ1) is 7.90. The molecule has 0 radical (unpaired) electrons. The maximum absolute atomic E-state index is 8.97. The fraction of sp³-hybridized carbons (Fsp3) is 0.583. The van der Waals surface area contributed by atoms with Gasteiger partial charge in [-0.3, -0.25) is 0 Å². The Morgan fingerprint density at radius 3 is 2.76 bits per heavy atom. The number of hydrogen-bond donors (Lipinski definition) is 1. The van der Waals surface area contributed by atoms with Crippen molar-refractivity contribution in [2.75, 3.05) is 19.6 Å². The van der Waals surface area contributed by atoms with Gasteiger partial charge in [0.25, 0.3) is 0 Å². The van der Waals surface area contributed by atoms with Crippen LogP contribution in [-0.4, -0.2) is 35.5 Å². The van der Waals surface area contributed by atoms with Crippen molar-refractivity contribution in [2.24, 2.45) is 5.16 Å². The zero-order valence-electron chi connectivity index (χ0n) is 9.84. The molecule has 0 spiro atoms. The minimum absolute atomic E-state index is 0. The molecule has 1 fully saturated rings. The number of thiophene rings is 1. The summed E-state index contributed by atoms with van der Waals surface area (Å²) in [4.78, 5) is 2.49. The van der Waals surface area contributed by atoms with Crippen molar-refractivity contribution < 1.29 is 5.21 Å². The Bertz CT molecular complexity index is 334. The lowest BCUT2D eigenvalue weighted by atomic mass is 10.1. The van der Waals surface area contributed by atoms with Crippen LogP contribution in [0.15, 0.2) is 22.0 Å². The molecule has 0 amide bonds. The van der Waals surface area contributed by atoms with Crippen LogP contribution in [0.5, 0.6) is 0 Å². The monoisotopic (exact) mass is 274 g/mol. The molecule has 5 heteroatoms. The van der Waals surface area contributed by atoms with Crippen molar-refractivity contribution in [1.29, 1.82) is 0 Å². The molecule has 1 aromatic heterocycles. The maximum Gasteiger partial charge on any atom is 0.0876 e. The fourth-order valence-corrected chi connectivity index (χ4v) is 2.82. The van der Waals surface area contributed by atoms with Gasteiger partial charge in [0.1, 0.15) is 0 Å². The predicted molar refractivity (Wildman–Crippen MR) is 74.8 cm³/mol. The number of hydrogen-bond acceptors (Lipinski definition) is 4. The standard InChI is InChI=1S/C12H18N2OS.ClH/c15-13-12(11-5-9-16-10-11)4-3-8-14-6-1-2-7-14;/h5,9-10,15H,1-4,6-8H2;1H/b13-12-;. The first-order valence-electron chi connectivity index (χ1n) is 5.86. The first kappa shape index (κ1) is 14.5. The van der Waals surface area contributed by atoms with E-state index >= 15 is 0 Å². The molecule has 0 unspecified atom stereocenters. The Morgan fingerprint density at radius 1 is 1.41 bits per heavy atom. The van der Waals surface area contributed by atoms with Gasteiger partial charge < -0.3 is 10.1 Å². The highest BCUT2D eigenvalue weighted by atomic mass is 35.5. The molecule has 0 saturated carbocycles. The quantitative estimate of drug-likeness (QED) is 0.508. The zero-order valence-corrected chi connectivity index (χ0v) is 11.5. The van der Waals surface area contributed by atoms with Crippen LogP contribution in [-0.2, 0) is 0 Å². The summed E-state index contributed by atoms with van der Waals surface area (Å²) in [5, 5.41) is 16.4. The molecule has 1 N–H and O–H groups in total. The molecule has 96 valence electrons. The second-order valence-electron chi connectivity index (χ2n) is 4.21. The molecule has 1 saturated heterocycles. The van der Waals surface area contributed by atoms with Gasteiger partial charge >= 0.3 is 0 Å². The summed E-state index contributed by atoms with van der Waals surface area (Å²) in [7, 11) is 0. The van der Waals surface area contributed by atoms with Gasteiger partial charge in [-0.15, -0.1) is 12.4 Å². The predicted octanol–water partition coefficient (Wildman–Crippen LogP) is 3.22. The average Bonchev–Trinajstić information content (AvgIpc) is 2.96. The highest BCUT2D eigenvalue weighted by Crippen LogP contribution is 2.13. The van der Waals surface area contributed by atoms with Crippen molar-refractivity contribution in [2.45, 2.75) is 25.7 Å². The maximum atomic E-state index is 8.97. The lowest BCUT2D eigenvalue weighted by Gasteiger charge is -2.13. The van der Waals surface area contributed by atoms with E-state index < -0.39 is 0 Å². The highest BCUT2D eigenvalue weighted by Gasteiger charge is 2.11. The molecule has 2 rings (SSSR count). The fourth-order valence-electron chi connectivity index (χ4n) is 2.16. The van der Waals surface area contributed by atoms with Gasteiger partial charge in [0, 0.05) is 5.56 Å². The zero-order chi connectivity index (χ0) is 11.2. The summed E-state index contributed by atoms with van der Waals surface area (Å²) in [6, 6.07) is 2.01. The number of halogens is 1.